The summed E-state index contributed by atoms with van der Waals surface area (Å²) in [6, 6.07) is 10.6. The molecular formula is C18H22Cl2N2O3. The summed E-state index contributed by atoms with van der Waals surface area (Å²) in [6.45, 7) is 2.38. The minimum atomic E-state index is -0.0875. The van der Waals surface area contributed by atoms with E-state index < -0.39 is 0 Å². The first-order valence-electron chi connectivity index (χ1n) is 7.62. The van der Waals surface area contributed by atoms with Crippen molar-refractivity contribution in [2.75, 3.05) is 24.8 Å². The van der Waals surface area contributed by atoms with Gasteiger partial charge >= 0.3 is 0 Å². The summed E-state index contributed by atoms with van der Waals surface area (Å²) in [5, 5.41) is 3.51. The molecule has 0 bridgehead atoms. The molecule has 0 unspecified atom stereocenters. The van der Waals surface area contributed by atoms with E-state index in [1.807, 2.05) is 19.1 Å². The maximum absolute atomic E-state index is 11.9. The summed E-state index contributed by atoms with van der Waals surface area (Å²) in [5.74, 6) is 1.25. The first kappa shape index (κ1) is 20.9. The van der Waals surface area contributed by atoms with Gasteiger partial charge in [0.05, 0.1) is 19.4 Å². The molecule has 5 nitrogen and oxygen atoms in total. The molecule has 25 heavy (non-hydrogen) atoms. The first-order valence-corrected chi connectivity index (χ1v) is 7.99. The number of ether oxygens (including phenoxy) is 2. The highest BCUT2D eigenvalue weighted by Gasteiger charge is 2.06. The van der Waals surface area contributed by atoms with Gasteiger partial charge in [-0.05, 0) is 55.3 Å². The van der Waals surface area contributed by atoms with Gasteiger partial charge in [0.2, 0.25) is 5.91 Å². The number of halogens is 2. The zero-order valence-corrected chi connectivity index (χ0v) is 15.7. The highest BCUT2D eigenvalue weighted by molar-refractivity contribution is 6.31. The molecule has 0 aliphatic heterocycles. The van der Waals surface area contributed by atoms with Gasteiger partial charge in [0, 0.05) is 17.1 Å². The molecule has 1 amide bonds. The van der Waals surface area contributed by atoms with Crippen molar-refractivity contribution in [3.63, 3.8) is 0 Å². The second kappa shape index (κ2) is 10.0. The van der Waals surface area contributed by atoms with E-state index in [2.05, 4.69) is 5.32 Å². The Morgan fingerprint density at radius 2 is 2.00 bits per heavy atom. The monoisotopic (exact) mass is 384 g/mol. The molecule has 0 radical (unpaired) electrons. The minimum absolute atomic E-state index is 0. The van der Waals surface area contributed by atoms with Crippen molar-refractivity contribution in [2.45, 2.75) is 19.8 Å². The number of nitrogens with one attached hydrogen (secondary N) is 1. The fourth-order valence-electron chi connectivity index (χ4n) is 2.17. The van der Waals surface area contributed by atoms with E-state index in [4.69, 9.17) is 26.8 Å². The summed E-state index contributed by atoms with van der Waals surface area (Å²) in [4.78, 5) is 11.9. The lowest BCUT2D eigenvalue weighted by Crippen LogP contribution is -2.13. The molecule has 136 valence electrons. The van der Waals surface area contributed by atoms with E-state index in [0.717, 1.165) is 11.3 Å². The molecule has 3 N–H and O–H groups in total. The van der Waals surface area contributed by atoms with Crippen LogP contribution in [0.5, 0.6) is 11.5 Å². The molecule has 0 fully saturated rings. The van der Waals surface area contributed by atoms with Crippen LogP contribution in [0.25, 0.3) is 0 Å². The number of methoxy groups -OCH3 is 1. The van der Waals surface area contributed by atoms with Crippen molar-refractivity contribution in [1.82, 2.24) is 0 Å². The number of hydrogen-bond donors (Lipinski definition) is 2. The number of carbonyl (C=O) groups excluding carboxylic acids is 1. The second-order valence-corrected chi connectivity index (χ2v) is 5.78. The number of benzene rings is 2. The maximum Gasteiger partial charge on any atom is 0.224 e. The molecular weight excluding hydrogens is 363 g/mol. The molecule has 2 aromatic rings. The molecule has 0 heterocycles. The van der Waals surface area contributed by atoms with Crippen molar-refractivity contribution in [3.8, 4) is 11.5 Å². The van der Waals surface area contributed by atoms with Crippen molar-refractivity contribution in [1.29, 1.82) is 0 Å². The molecule has 0 aliphatic carbocycles. The van der Waals surface area contributed by atoms with Gasteiger partial charge in [0.15, 0.2) is 0 Å². The highest BCUT2D eigenvalue weighted by atomic mass is 35.5. The van der Waals surface area contributed by atoms with Gasteiger partial charge < -0.3 is 20.5 Å². The van der Waals surface area contributed by atoms with E-state index in [-0.39, 0.29) is 18.3 Å². The third kappa shape index (κ3) is 6.36. The van der Waals surface area contributed by atoms with Crippen molar-refractivity contribution >= 4 is 41.3 Å². The average Bonchev–Trinajstić information content (AvgIpc) is 2.55. The van der Waals surface area contributed by atoms with Gasteiger partial charge in [-0.3, -0.25) is 4.79 Å². The van der Waals surface area contributed by atoms with E-state index >= 15 is 0 Å². The van der Waals surface area contributed by atoms with Crippen molar-refractivity contribution in [3.05, 3.63) is 47.0 Å². The number of rotatable bonds is 7. The van der Waals surface area contributed by atoms with E-state index in [1.54, 1.807) is 31.4 Å². The molecule has 0 spiro atoms. The van der Waals surface area contributed by atoms with Crippen LogP contribution >= 0.6 is 24.0 Å². The summed E-state index contributed by atoms with van der Waals surface area (Å²) in [6.07, 6.45) is 0.970. The Morgan fingerprint density at radius 1 is 1.24 bits per heavy atom. The average molecular weight is 385 g/mol. The fourth-order valence-corrected chi connectivity index (χ4v) is 2.28. The smallest absolute Gasteiger partial charge is 0.224 e. The molecule has 2 aromatic carbocycles. The number of carbonyl (C=O) groups is 1. The van der Waals surface area contributed by atoms with Gasteiger partial charge in [0.1, 0.15) is 11.5 Å². The Labute approximate surface area is 158 Å². The van der Waals surface area contributed by atoms with Gasteiger partial charge in [-0.15, -0.1) is 12.4 Å². The van der Waals surface area contributed by atoms with Crippen LogP contribution in [0.4, 0.5) is 11.4 Å². The number of aryl methyl sites for hydroxylation is 1. The maximum atomic E-state index is 11.9. The lowest BCUT2D eigenvalue weighted by atomic mass is 10.2. The number of amides is 1. The lowest BCUT2D eigenvalue weighted by Gasteiger charge is -2.10. The number of hydrogen-bond acceptors (Lipinski definition) is 4. The van der Waals surface area contributed by atoms with Crippen molar-refractivity contribution < 1.29 is 14.3 Å². The van der Waals surface area contributed by atoms with Gasteiger partial charge in [-0.2, -0.15) is 0 Å². The Bertz CT molecular complexity index is 723. The second-order valence-electron chi connectivity index (χ2n) is 5.37. The third-order valence-electron chi connectivity index (χ3n) is 3.46. The largest absolute Gasteiger partial charge is 0.495 e. The van der Waals surface area contributed by atoms with E-state index in [0.29, 0.717) is 41.6 Å². The zero-order chi connectivity index (χ0) is 17.5. The minimum Gasteiger partial charge on any atom is -0.495 e. The number of nitrogens with two attached hydrogens (primary N) is 1. The predicted octanol–water partition coefficient (Wildman–Crippen LogP) is 4.46. The molecule has 0 saturated carbocycles. The Hall–Kier alpha value is -2.11. The summed E-state index contributed by atoms with van der Waals surface area (Å²) in [5.41, 5.74) is 7.90. The quantitative estimate of drug-likeness (QED) is 0.545. The molecule has 0 atom stereocenters. The molecule has 0 saturated heterocycles. The summed E-state index contributed by atoms with van der Waals surface area (Å²) >= 11 is 5.97. The van der Waals surface area contributed by atoms with Crippen LogP contribution in [-0.4, -0.2) is 19.6 Å². The van der Waals surface area contributed by atoms with Crippen LogP contribution in [-0.2, 0) is 4.79 Å². The molecule has 7 heteroatoms. The van der Waals surface area contributed by atoms with Crippen LogP contribution < -0.4 is 20.5 Å². The fraction of sp³-hybridized carbons (Fsp3) is 0.278. The van der Waals surface area contributed by atoms with Gasteiger partial charge in [-0.25, -0.2) is 0 Å². The van der Waals surface area contributed by atoms with Gasteiger partial charge in [-0.1, -0.05) is 11.6 Å². The normalized spacial score (nSPS) is 9.88. The van der Waals surface area contributed by atoms with Crippen LogP contribution in [0.2, 0.25) is 5.02 Å². The van der Waals surface area contributed by atoms with Crippen LogP contribution in [0.1, 0.15) is 18.4 Å². The van der Waals surface area contributed by atoms with Crippen LogP contribution in [0, 0.1) is 6.92 Å². The summed E-state index contributed by atoms with van der Waals surface area (Å²) in [7, 11) is 1.55. The van der Waals surface area contributed by atoms with Crippen LogP contribution in [0.15, 0.2) is 36.4 Å². The van der Waals surface area contributed by atoms with E-state index in [1.165, 1.54) is 0 Å². The molecule has 2 rings (SSSR count). The lowest BCUT2D eigenvalue weighted by molar-refractivity contribution is -0.116. The topological polar surface area (TPSA) is 73.6 Å². The highest BCUT2D eigenvalue weighted by Crippen LogP contribution is 2.24. The van der Waals surface area contributed by atoms with Gasteiger partial charge in [0.25, 0.3) is 0 Å². The first-order chi connectivity index (χ1) is 11.5. The standard InChI is InChI=1S/C18H21ClN2O3.ClH/c1-12-10-14(6-7-15(12)19)24-9-3-4-18(22)21-13-5-8-17(23-2)16(20)11-13;/h5-8,10-11H,3-4,9,20H2,1-2H3,(H,21,22);1H. The Kier molecular flexibility index (Phi) is 8.38. The Morgan fingerprint density at radius 3 is 2.64 bits per heavy atom. The zero-order valence-electron chi connectivity index (χ0n) is 14.2. The Balaban J connectivity index is 0.00000312. The van der Waals surface area contributed by atoms with Crippen molar-refractivity contribution in [2.24, 2.45) is 0 Å². The molecule has 0 aliphatic rings. The van der Waals surface area contributed by atoms with E-state index in [9.17, 15) is 4.79 Å². The summed E-state index contributed by atoms with van der Waals surface area (Å²) < 4.78 is 10.7. The van der Waals surface area contributed by atoms with Crippen LogP contribution in [0.3, 0.4) is 0 Å². The number of nitrogen functional groups attached to an aromatic ring is 1. The number of anilines is 2. The third-order valence-corrected chi connectivity index (χ3v) is 3.88. The predicted molar refractivity (Wildman–Crippen MR) is 104 cm³/mol. The molecule has 0 aromatic heterocycles. The SMILES string of the molecule is COc1ccc(NC(=O)CCCOc2ccc(Cl)c(C)c2)cc1N.Cl.